The number of thiophene rings is 1. The molecule has 2 aliphatic heterocycles. The Kier molecular flexibility index (Phi) is 20.0. The van der Waals surface area contributed by atoms with Crippen LogP contribution in [0.2, 0.25) is 0 Å². The maximum absolute atomic E-state index is 14.2. The van der Waals surface area contributed by atoms with Crippen LogP contribution in [0.4, 0.5) is 0 Å². The third kappa shape index (κ3) is 14.6. The zero-order valence-electron chi connectivity index (χ0n) is 45.1. The van der Waals surface area contributed by atoms with Crippen LogP contribution in [0.1, 0.15) is 60.3 Å². The van der Waals surface area contributed by atoms with E-state index in [1.807, 2.05) is 48.1 Å². The van der Waals surface area contributed by atoms with Crippen molar-refractivity contribution in [3.05, 3.63) is 113 Å². The molecule has 0 bridgehead atoms. The second-order valence-electron chi connectivity index (χ2n) is 19.4. The second-order valence-corrected chi connectivity index (χ2v) is 20.3. The summed E-state index contributed by atoms with van der Waals surface area (Å²) in [5.41, 5.74) is 8.85. The summed E-state index contributed by atoms with van der Waals surface area (Å²) in [5, 5.41) is 20.3. The SMILES string of the molecule is CCC(=O)N1CCOc2c(cc(-c3cc(OC)cc(OC)c3)cc2C(=O)N[C@H]2CCCN(CCc3cn(CCOCCOCCOCCOCCNCc4ccc5c(c4)c4ccc(-c6cccs6)cc4n5CC)nn3)C2)C1. The molecule has 18 heteroatoms. The van der Waals surface area contributed by atoms with Crippen LogP contribution in [0.3, 0.4) is 0 Å². The quantitative estimate of drug-likeness (QED) is 0.0451. The number of likely N-dealkylation sites (tertiary alicyclic amines) is 1. The number of methoxy groups -OCH3 is 2. The lowest BCUT2D eigenvalue weighted by Gasteiger charge is -2.33. The minimum atomic E-state index is -0.204. The van der Waals surface area contributed by atoms with Crippen LogP contribution in [-0.4, -0.2) is 154 Å². The predicted octanol–water partition coefficient (Wildman–Crippen LogP) is 8.24. The Morgan fingerprint density at radius 2 is 1.55 bits per heavy atom. The molecule has 1 saturated heterocycles. The molecule has 5 heterocycles. The van der Waals surface area contributed by atoms with Crippen molar-refractivity contribution < 1.29 is 42.7 Å². The van der Waals surface area contributed by atoms with E-state index in [1.54, 1.807) is 30.5 Å². The van der Waals surface area contributed by atoms with Gasteiger partial charge in [-0.3, -0.25) is 9.59 Å². The maximum atomic E-state index is 14.2. The van der Waals surface area contributed by atoms with E-state index in [2.05, 4.69) is 91.2 Å². The lowest BCUT2D eigenvalue weighted by Crippen LogP contribution is -2.48. The third-order valence-electron chi connectivity index (χ3n) is 14.2. The van der Waals surface area contributed by atoms with Crippen LogP contribution < -0.4 is 24.8 Å². The molecule has 1 atom stereocenters. The summed E-state index contributed by atoms with van der Waals surface area (Å²) in [6.45, 7) is 14.8. The summed E-state index contributed by atoms with van der Waals surface area (Å²) in [6, 6.07) is 27.4. The fourth-order valence-corrected chi connectivity index (χ4v) is 11.0. The number of nitrogens with zero attached hydrogens (tertiary/aromatic N) is 6. The summed E-state index contributed by atoms with van der Waals surface area (Å²) >= 11 is 1.78. The molecule has 0 spiro atoms. The first-order valence-corrected chi connectivity index (χ1v) is 28.0. The molecule has 2 amide bonds. The van der Waals surface area contributed by atoms with Gasteiger partial charge in [-0.1, -0.05) is 36.4 Å². The van der Waals surface area contributed by atoms with Gasteiger partial charge in [0.25, 0.3) is 5.91 Å². The number of benzene rings is 4. The van der Waals surface area contributed by atoms with Gasteiger partial charge in [0.15, 0.2) is 0 Å². The molecule has 0 radical (unpaired) electrons. The van der Waals surface area contributed by atoms with Crippen LogP contribution in [0.5, 0.6) is 17.2 Å². The Labute approximate surface area is 455 Å². The number of hydrogen-bond acceptors (Lipinski definition) is 14. The summed E-state index contributed by atoms with van der Waals surface area (Å²) in [6.07, 6.45) is 4.93. The molecule has 410 valence electrons. The summed E-state index contributed by atoms with van der Waals surface area (Å²) in [7, 11) is 3.22. The maximum Gasteiger partial charge on any atom is 0.255 e. The molecule has 2 aliphatic rings. The lowest BCUT2D eigenvalue weighted by atomic mass is 9.96. The number of hydrogen-bond donors (Lipinski definition) is 2. The van der Waals surface area contributed by atoms with Crippen LogP contribution in [-0.2, 0) is 56.3 Å². The third-order valence-corrected chi connectivity index (χ3v) is 15.1. The molecular weight excluding hydrogens is 997 g/mol. The molecule has 3 aromatic heterocycles. The number of amides is 2. The van der Waals surface area contributed by atoms with Gasteiger partial charge < -0.3 is 58.2 Å². The molecule has 0 saturated carbocycles. The van der Waals surface area contributed by atoms with Crippen LogP contribution >= 0.6 is 11.3 Å². The number of aromatic nitrogens is 4. The highest BCUT2D eigenvalue weighted by atomic mass is 32.1. The second kappa shape index (κ2) is 27.8. The van der Waals surface area contributed by atoms with Crippen LogP contribution in [0.25, 0.3) is 43.4 Å². The van der Waals surface area contributed by atoms with Gasteiger partial charge in [-0.2, -0.15) is 0 Å². The highest BCUT2D eigenvalue weighted by molar-refractivity contribution is 7.13. The topological polar surface area (TPSA) is 165 Å². The van der Waals surface area contributed by atoms with Crippen molar-refractivity contribution in [1.82, 2.24) is 40.0 Å². The van der Waals surface area contributed by atoms with E-state index in [4.69, 9.17) is 33.2 Å². The summed E-state index contributed by atoms with van der Waals surface area (Å²) in [5.74, 6) is 1.62. The van der Waals surface area contributed by atoms with Gasteiger partial charge in [0, 0.05) is 103 Å². The molecule has 1 fully saturated rings. The first-order valence-electron chi connectivity index (χ1n) is 27.1. The van der Waals surface area contributed by atoms with Crippen molar-refractivity contribution in [2.24, 2.45) is 0 Å². The van der Waals surface area contributed by atoms with E-state index in [0.29, 0.717) is 115 Å². The minimum Gasteiger partial charge on any atom is -0.497 e. The van der Waals surface area contributed by atoms with Crippen LogP contribution in [0, 0.1) is 0 Å². The molecule has 0 aliphatic carbocycles. The molecule has 4 aromatic carbocycles. The number of piperidine rings is 1. The molecule has 7 aromatic rings. The minimum absolute atomic E-state index is 0.0377. The Morgan fingerprint density at radius 1 is 0.779 bits per heavy atom. The average Bonchev–Trinajstić information content (AvgIpc) is 4.22. The standard InChI is InChI=1S/C59H74N8O9S/c1-5-57(68)65-19-23-76-58-46(39-65)32-44(45-33-49(70-3)37-50(34-45)71-4)35-53(58)59(69)61-47-9-7-17-64(40-47)18-15-48-41-66(63-62-48)20-22-73-25-27-75-29-28-74-26-24-72-21-16-60-38-42-11-14-54-52(31-42)51-13-12-43(56-10-8-30-77-56)36-55(51)67(54)6-2/h8,10-14,30-37,41,47,60H,5-7,9,15-29,38-40H2,1-4H3,(H,61,69)/t47-/m0/s1. The van der Waals surface area contributed by atoms with Gasteiger partial charge >= 0.3 is 0 Å². The number of ether oxygens (including phenoxy) is 7. The fourth-order valence-electron chi connectivity index (χ4n) is 10.2. The van der Waals surface area contributed by atoms with E-state index in [1.165, 1.54) is 37.8 Å². The zero-order chi connectivity index (χ0) is 53.3. The van der Waals surface area contributed by atoms with E-state index in [0.717, 1.165) is 74.4 Å². The number of nitrogens with one attached hydrogen (secondary N) is 2. The Bertz CT molecular complexity index is 3010. The summed E-state index contributed by atoms with van der Waals surface area (Å²) in [4.78, 5) is 32.5. The number of carbonyl (C=O) groups excluding carboxylic acids is 2. The molecule has 77 heavy (non-hydrogen) atoms. The monoisotopic (exact) mass is 1070 g/mol. The molecule has 17 nitrogen and oxygen atoms in total. The van der Waals surface area contributed by atoms with Gasteiger partial charge in [0.05, 0.1) is 91.4 Å². The predicted molar refractivity (Wildman–Crippen MR) is 300 cm³/mol. The highest BCUT2D eigenvalue weighted by Crippen LogP contribution is 2.38. The largest absolute Gasteiger partial charge is 0.497 e. The Balaban J connectivity index is 0.622. The normalized spacial score (nSPS) is 14.9. The van der Waals surface area contributed by atoms with Crippen molar-refractivity contribution in [2.45, 2.75) is 71.8 Å². The zero-order valence-corrected chi connectivity index (χ0v) is 45.9. The number of fused-ring (bicyclic) bond motifs is 4. The molecule has 0 unspecified atom stereocenters. The van der Waals surface area contributed by atoms with E-state index >= 15 is 0 Å². The van der Waals surface area contributed by atoms with E-state index in [-0.39, 0.29) is 17.9 Å². The van der Waals surface area contributed by atoms with E-state index in [9.17, 15) is 9.59 Å². The number of aryl methyl sites for hydroxylation is 1. The lowest BCUT2D eigenvalue weighted by molar-refractivity contribution is -0.131. The Hall–Kier alpha value is -6.38. The van der Waals surface area contributed by atoms with Crippen molar-refractivity contribution >= 4 is 45.0 Å². The molecule has 2 N–H and O–H groups in total. The molecule has 9 rings (SSSR count). The smallest absolute Gasteiger partial charge is 0.255 e. The fraction of sp³-hybridized carbons (Fsp3) is 0.458. The first-order chi connectivity index (χ1) is 37.8. The number of rotatable bonds is 28. The van der Waals surface area contributed by atoms with Crippen molar-refractivity contribution in [3.63, 3.8) is 0 Å². The molecular formula is C59H74N8O9S. The van der Waals surface area contributed by atoms with Crippen molar-refractivity contribution in [2.75, 3.05) is 106 Å². The van der Waals surface area contributed by atoms with Crippen molar-refractivity contribution in [1.29, 1.82) is 0 Å². The van der Waals surface area contributed by atoms with E-state index < -0.39 is 0 Å². The van der Waals surface area contributed by atoms with Gasteiger partial charge in [-0.15, -0.1) is 16.4 Å². The van der Waals surface area contributed by atoms with Gasteiger partial charge in [0.1, 0.15) is 23.9 Å². The average molecular weight is 1070 g/mol. The van der Waals surface area contributed by atoms with Crippen LogP contribution in [0.15, 0.2) is 90.4 Å². The first kappa shape index (κ1) is 55.4. The highest BCUT2D eigenvalue weighted by Gasteiger charge is 2.28. The number of carbonyl (C=O) groups is 2. The van der Waals surface area contributed by atoms with Gasteiger partial charge in [-0.05, 0) is 102 Å². The Morgan fingerprint density at radius 3 is 2.29 bits per heavy atom. The van der Waals surface area contributed by atoms with Gasteiger partial charge in [0.2, 0.25) is 5.91 Å². The van der Waals surface area contributed by atoms with Gasteiger partial charge in [-0.25, -0.2) is 4.68 Å². The van der Waals surface area contributed by atoms with Crippen molar-refractivity contribution in [3.8, 4) is 38.8 Å². The summed E-state index contributed by atoms with van der Waals surface area (Å²) < 4.78 is 44.6.